The van der Waals surface area contributed by atoms with Gasteiger partial charge in [0.15, 0.2) is 17.2 Å². The molecule has 0 aliphatic rings. The summed E-state index contributed by atoms with van der Waals surface area (Å²) < 4.78 is 194. The highest BCUT2D eigenvalue weighted by atomic mass is 32.2. The van der Waals surface area contributed by atoms with Crippen LogP contribution < -0.4 is 21.1 Å². The third-order valence-corrected chi connectivity index (χ3v) is 17.7. The van der Waals surface area contributed by atoms with Gasteiger partial charge in [-0.15, -0.1) is 49.6 Å². The first kappa shape index (κ1) is 64.7. The molecule has 0 unspecified atom stereocenters. The lowest BCUT2D eigenvalue weighted by molar-refractivity contribution is -0.432. The van der Waals surface area contributed by atoms with E-state index in [9.17, 15) is 75.6 Å². The van der Waals surface area contributed by atoms with Gasteiger partial charge in [-0.2, -0.15) is 52.3 Å². The lowest BCUT2D eigenvalue weighted by Gasteiger charge is -2.14. The van der Waals surface area contributed by atoms with Crippen molar-refractivity contribution in [1.29, 1.82) is 0 Å². The van der Waals surface area contributed by atoms with Crippen LogP contribution in [0.5, 0.6) is 28.7 Å². The van der Waals surface area contributed by atoms with Gasteiger partial charge in [0.1, 0.15) is 81.5 Å². The molecule has 8 aromatic rings. The number of phenols is 3. The summed E-state index contributed by atoms with van der Waals surface area (Å²) in [5.41, 5.74) is 0.0938. The third kappa shape index (κ3) is 13.5. The molecule has 0 amide bonds. The fourth-order valence-corrected chi connectivity index (χ4v) is 12.6. The van der Waals surface area contributed by atoms with Crippen LogP contribution in [-0.4, -0.2) is 100 Å². The molecule has 0 aliphatic carbocycles. The van der Waals surface area contributed by atoms with Crippen LogP contribution in [0.2, 0.25) is 0 Å². The highest BCUT2D eigenvalue weighted by Gasteiger charge is 2.31. The Bertz CT molecular complexity index is 4890. The van der Waals surface area contributed by atoms with Gasteiger partial charge in [-0.05, 0) is 84.2 Å². The number of aromatic hydroxyl groups is 3. The van der Waals surface area contributed by atoms with Crippen LogP contribution in [0.1, 0.15) is 0 Å². The minimum Gasteiger partial charge on any atom is -0.505 e. The molecule has 0 bridgehead atoms. The van der Waals surface area contributed by atoms with Crippen LogP contribution in [-0.2, 0) is 73.6 Å². The number of methoxy groups -OCH3 is 2. The number of nitrogen functional groups attached to an aromatic ring is 1. The Labute approximate surface area is 494 Å². The molecule has 36 nitrogen and oxygen atoms in total. The number of benzene rings is 8. The van der Waals surface area contributed by atoms with Crippen LogP contribution in [0, 0.1) is 0 Å². The van der Waals surface area contributed by atoms with E-state index in [1.165, 1.54) is 38.5 Å². The summed E-state index contributed by atoms with van der Waals surface area (Å²) in [5, 5.41) is 86.7. The average Bonchev–Trinajstić information content (AvgIpc) is 0.979. The first-order chi connectivity index (χ1) is 40.9. The number of ether oxygens (including phenoxy) is 2. The van der Waals surface area contributed by atoms with Gasteiger partial charge in [0, 0.05) is 27.6 Å². The van der Waals surface area contributed by atoms with Crippen molar-refractivity contribution in [3.63, 3.8) is 0 Å². The van der Waals surface area contributed by atoms with E-state index in [0.717, 1.165) is 60.7 Å². The van der Waals surface area contributed by atoms with Crippen molar-refractivity contribution in [2.75, 3.05) is 20.0 Å². The van der Waals surface area contributed by atoms with E-state index < -0.39 is 170 Å². The fraction of sp³-hybridized carbons (Fsp3) is 0.0455. The number of fused-ring (bicyclic) bond motifs is 3. The van der Waals surface area contributed by atoms with Crippen LogP contribution in [0.25, 0.3) is 32.3 Å². The van der Waals surface area contributed by atoms with Crippen molar-refractivity contribution >= 4 is 158 Å². The molecule has 0 saturated carbocycles. The minimum atomic E-state index is -5.65. The average molecular weight is 1340 g/mol. The fourth-order valence-electron chi connectivity index (χ4n) is 8.01. The predicted molar refractivity (Wildman–Crippen MR) is 297 cm³/mol. The summed E-state index contributed by atoms with van der Waals surface area (Å²) in [7, 11) is -24.2. The second kappa shape index (κ2) is 25.2. The van der Waals surface area contributed by atoms with E-state index in [1.54, 1.807) is 0 Å². The van der Waals surface area contributed by atoms with Crippen molar-refractivity contribution in [2.45, 2.75) is 34.3 Å². The van der Waals surface area contributed by atoms with Crippen LogP contribution in [0.3, 0.4) is 0 Å². The molecule has 0 aromatic heterocycles. The lowest BCUT2D eigenvalue weighted by Crippen LogP contribution is -2.12. The summed E-state index contributed by atoms with van der Waals surface area (Å²) in [6.07, 6.45) is 0. The lowest BCUT2D eigenvalue weighted by atomic mass is 10.1. The van der Waals surface area contributed by atoms with E-state index in [0.29, 0.717) is 18.1 Å². The Kier molecular flexibility index (Phi) is 18.7. The van der Waals surface area contributed by atoms with E-state index in [4.69, 9.17) is 31.6 Å². The largest absolute Gasteiger partial charge is 0.505 e. The monoisotopic (exact) mass is 1340 g/mol. The van der Waals surface area contributed by atoms with Crippen molar-refractivity contribution < 1.29 is 119 Å². The van der Waals surface area contributed by atoms with Gasteiger partial charge in [0.2, 0.25) is 0 Å². The molecule has 458 valence electrons. The zero-order valence-corrected chi connectivity index (χ0v) is 48.4. The molecule has 8 aromatic carbocycles. The summed E-state index contributed by atoms with van der Waals surface area (Å²) in [6, 6.07) is 14.8. The second-order valence-electron chi connectivity index (χ2n) is 16.7. The molecule has 0 fully saturated rings. The zero-order valence-electron chi connectivity index (χ0n) is 42.7. The summed E-state index contributed by atoms with van der Waals surface area (Å²) in [5.74, 6) is 2.22. The molecular formula is C44H34N10O26S7. The molecule has 43 heteroatoms. The first-order valence-electron chi connectivity index (χ1n) is 22.5. The maximum atomic E-state index is 13.3. The zero-order chi connectivity index (χ0) is 63.7. The van der Waals surface area contributed by atoms with Gasteiger partial charge in [0.25, 0.3) is 40.5 Å². The summed E-state index contributed by atoms with van der Waals surface area (Å²) in [4.78, 5) is -5.99. The minimum absolute atomic E-state index is 0.0134. The van der Waals surface area contributed by atoms with Gasteiger partial charge in [-0.25, -0.2) is 10.5 Å². The predicted octanol–water partition coefficient (Wildman–Crippen LogP) is 9.95. The van der Waals surface area contributed by atoms with Crippen LogP contribution in [0.4, 0.5) is 51.2 Å². The highest BCUT2D eigenvalue weighted by molar-refractivity contribution is 7.95. The molecule has 0 saturated heterocycles. The summed E-state index contributed by atoms with van der Waals surface area (Å²) in [6.45, 7) is 0. The maximum absolute atomic E-state index is 13.3. The summed E-state index contributed by atoms with van der Waals surface area (Å²) >= 11 is 0.436. The molecule has 13 N–H and O–H groups in total. The number of hydrogen-bond donors (Lipinski definition) is 11. The maximum Gasteiger partial charge on any atom is 0.315 e. The molecule has 0 heterocycles. The molecule has 0 atom stereocenters. The molecule has 87 heavy (non-hydrogen) atoms. The highest BCUT2D eigenvalue weighted by Crippen LogP contribution is 2.51. The topological polar surface area (TPSA) is 568 Å². The number of rotatable bonds is 22. The SMILES string of the molecule is COc1ccc(N=Nc2c(S(=O)(=O)O)cc3c(S(=O)(=O)O)c(N=Nc4c(S(=O)(=O)ON)cc5ccc(N=Nc6ccc7c(O)c(N=Nc8ccc(OC)cc8S(=O)(=O)O)c(SOOO)cc7c6S(=O)(=O)O)c(O)c5c4N)ccc3c2O)c(SOOO)c1. The number of phenolic OH excluding ortho intramolecular Hbond substituents is 3. The molecule has 0 spiro atoms. The number of azo groups is 4. The van der Waals surface area contributed by atoms with E-state index in [-0.39, 0.29) is 39.5 Å². The van der Waals surface area contributed by atoms with E-state index >= 15 is 0 Å². The normalized spacial score (nSPS) is 13.0. The van der Waals surface area contributed by atoms with Gasteiger partial charge in [-0.1, -0.05) is 16.1 Å². The Morgan fingerprint density at radius 3 is 1.45 bits per heavy atom. The number of nitrogens with two attached hydrogens (primary N) is 2. The Hall–Kier alpha value is -8.29. The van der Waals surface area contributed by atoms with Crippen molar-refractivity contribution in [3.8, 4) is 28.7 Å². The van der Waals surface area contributed by atoms with Crippen molar-refractivity contribution in [3.05, 3.63) is 91.0 Å². The van der Waals surface area contributed by atoms with Crippen molar-refractivity contribution in [2.24, 2.45) is 46.8 Å². The van der Waals surface area contributed by atoms with Gasteiger partial charge < -0.3 is 30.5 Å². The molecule has 0 radical (unpaired) electrons. The standard InChI is InChI=1S/C44H34N10O26S7/c1-74-19-4-9-25(30(14-19)81-79-77-58)47-54-39-33(84(63,64)65)17-24-22(41(39)56)7-12-29(44(24)86(69,70)71)51-53-38-34(87(72,73)76-46)13-18-3-8-27(42(57)35(18)36(38)45)49-50-28-11-6-21-23(43(28)85(66,67)68)16-31(82-80-78-59)37(40(21)55)52-48-26-10-5-20(75-2)15-32(26)83(60,61)62/h3-17,55-59H,45-46H2,1-2H3,(H,60,61,62)(H,63,64,65)(H,66,67,68)(H,69,70,71). The second-order valence-corrected chi connectivity index (χ2v) is 25.2. The van der Waals surface area contributed by atoms with Crippen LogP contribution in [0.15, 0.2) is 166 Å². The number of hydrogen-bond acceptors (Lipinski definition) is 34. The van der Waals surface area contributed by atoms with E-state index in [1.807, 2.05) is 0 Å². The smallest absolute Gasteiger partial charge is 0.315 e. The van der Waals surface area contributed by atoms with E-state index in [2.05, 4.69) is 63.9 Å². The number of anilines is 1. The first-order valence-corrected chi connectivity index (χ1v) is 31.1. The van der Waals surface area contributed by atoms with Crippen molar-refractivity contribution in [1.82, 2.24) is 0 Å². The van der Waals surface area contributed by atoms with Gasteiger partial charge in [-0.3, -0.25) is 18.2 Å². The van der Waals surface area contributed by atoms with Gasteiger partial charge in [0.05, 0.1) is 59.2 Å². The molecule has 8 rings (SSSR count). The Morgan fingerprint density at radius 1 is 0.437 bits per heavy atom. The quantitative estimate of drug-likeness (QED) is 0.00750. The molecule has 0 aliphatic heterocycles. The third-order valence-electron chi connectivity index (χ3n) is 11.7. The Balaban J connectivity index is 1.25. The van der Waals surface area contributed by atoms with Gasteiger partial charge >= 0.3 is 10.1 Å². The Morgan fingerprint density at radius 2 is 0.897 bits per heavy atom. The molecular weight excluding hydrogens is 1310 g/mol. The van der Waals surface area contributed by atoms with Crippen LogP contribution >= 0.6 is 24.1 Å². The number of nitrogens with zero attached hydrogens (tertiary/aromatic N) is 8.